The SMILES string of the molecule is CCNC(=O)Nc1cc(-c2nc(C(F)(F)F)cs2)c(-c2cnc3c(c2)c(=O)c(C(=O)OCCO[P+](=O)O)cn3CC)cn1. The predicted molar refractivity (Wildman–Crippen MR) is 150 cm³/mol. The maximum atomic E-state index is 13.4. The van der Waals surface area contributed by atoms with Crippen LogP contribution in [0.1, 0.15) is 29.9 Å². The van der Waals surface area contributed by atoms with Gasteiger partial charge in [-0.05, 0) is 26.0 Å². The van der Waals surface area contributed by atoms with E-state index in [2.05, 4.69) is 30.1 Å². The van der Waals surface area contributed by atoms with Crippen LogP contribution in [0.5, 0.6) is 0 Å². The first kappa shape index (κ1) is 31.6. The lowest BCUT2D eigenvalue weighted by Gasteiger charge is -2.14. The highest BCUT2D eigenvalue weighted by Gasteiger charge is 2.34. The van der Waals surface area contributed by atoms with E-state index >= 15 is 0 Å². The number of nitrogens with zero attached hydrogens (tertiary/aromatic N) is 4. The number of amides is 2. The maximum absolute atomic E-state index is 13.4. The number of hydrogen-bond acceptors (Lipinski definition) is 10. The van der Waals surface area contributed by atoms with Gasteiger partial charge < -0.3 is 14.6 Å². The highest BCUT2D eigenvalue weighted by atomic mass is 32.1. The number of urea groups is 1. The maximum Gasteiger partial charge on any atom is 0.694 e. The number of ether oxygens (including phenoxy) is 1. The highest BCUT2D eigenvalue weighted by molar-refractivity contribution is 7.32. The molecular weight excluding hydrogens is 616 g/mol. The van der Waals surface area contributed by atoms with E-state index in [0.717, 1.165) is 16.7 Å². The zero-order valence-corrected chi connectivity index (χ0v) is 24.2. The fraction of sp³-hybridized carbons (Fsp3) is 0.280. The number of halogens is 3. The number of pyridine rings is 3. The molecule has 0 aliphatic rings. The zero-order valence-electron chi connectivity index (χ0n) is 22.5. The summed E-state index contributed by atoms with van der Waals surface area (Å²) in [6.45, 7) is 3.33. The smallest absolute Gasteiger partial charge is 0.459 e. The Labute approximate surface area is 245 Å². The van der Waals surface area contributed by atoms with Crippen molar-refractivity contribution in [2.75, 3.05) is 25.1 Å². The zero-order chi connectivity index (χ0) is 31.3. The first-order valence-corrected chi connectivity index (χ1v) is 14.5. The van der Waals surface area contributed by atoms with Crippen molar-refractivity contribution in [3.05, 3.63) is 57.6 Å². The van der Waals surface area contributed by atoms with Crippen LogP contribution in [0.2, 0.25) is 0 Å². The van der Waals surface area contributed by atoms with Crippen molar-refractivity contribution in [3.8, 4) is 21.7 Å². The molecule has 4 heterocycles. The van der Waals surface area contributed by atoms with Crippen molar-refractivity contribution < 1.29 is 41.5 Å². The van der Waals surface area contributed by atoms with E-state index in [1.807, 2.05) is 0 Å². The Hall–Kier alpha value is -4.31. The second-order valence-corrected chi connectivity index (χ2v) is 10.2. The first-order valence-electron chi connectivity index (χ1n) is 12.5. The van der Waals surface area contributed by atoms with Crippen molar-refractivity contribution in [1.82, 2.24) is 24.8 Å². The molecule has 3 N–H and O–H groups in total. The van der Waals surface area contributed by atoms with Crippen LogP contribution in [-0.4, -0.2) is 56.2 Å². The fourth-order valence-electron chi connectivity index (χ4n) is 3.91. The average molecular weight is 640 g/mol. The van der Waals surface area contributed by atoms with Gasteiger partial charge in [0.05, 0.1) is 5.39 Å². The largest absolute Gasteiger partial charge is 0.694 e. The van der Waals surface area contributed by atoms with Crippen molar-refractivity contribution in [2.24, 2.45) is 0 Å². The lowest BCUT2D eigenvalue weighted by atomic mass is 10.0. The molecule has 1 unspecified atom stereocenters. The number of fused-ring (bicyclic) bond motifs is 1. The number of carbonyl (C=O) groups is 2. The lowest BCUT2D eigenvalue weighted by molar-refractivity contribution is -0.140. The number of alkyl halides is 3. The number of aromatic nitrogens is 4. The molecular formula is C25H23F3N6O7PS+. The van der Waals surface area contributed by atoms with E-state index in [0.29, 0.717) is 13.1 Å². The Morgan fingerprint density at radius 2 is 1.91 bits per heavy atom. The van der Waals surface area contributed by atoms with Crippen LogP contribution in [-0.2, 0) is 26.5 Å². The summed E-state index contributed by atoms with van der Waals surface area (Å²) in [6.07, 6.45) is -0.714. The summed E-state index contributed by atoms with van der Waals surface area (Å²) in [7, 11) is -2.89. The Morgan fingerprint density at radius 3 is 2.56 bits per heavy atom. The van der Waals surface area contributed by atoms with E-state index in [4.69, 9.17) is 9.63 Å². The summed E-state index contributed by atoms with van der Waals surface area (Å²) in [5.74, 6) is -0.961. The number of nitrogens with one attached hydrogen (secondary N) is 2. The summed E-state index contributed by atoms with van der Waals surface area (Å²) in [5.41, 5.74) is -1.24. The van der Waals surface area contributed by atoms with Crippen molar-refractivity contribution in [2.45, 2.75) is 26.6 Å². The van der Waals surface area contributed by atoms with Crippen LogP contribution in [0.3, 0.4) is 0 Å². The molecule has 1 atom stereocenters. The minimum atomic E-state index is -4.69. The number of aryl methyl sites for hydroxylation is 1. The van der Waals surface area contributed by atoms with Gasteiger partial charge in [-0.1, -0.05) is 0 Å². The highest BCUT2D eigenvalue weighted by Crippen LogP contribution is 2.38. The Balaban J connectivity index is 1.82. The molecule has 4 rings (SSSR count). The van der Waals surface area contributed by atoms with Crippen LogP contribution in [0.15, 0.2) is 40.9 Å². The first-order chi connectivity index (χ1) is 20.4. The summed E-state index contributed by atoms with van der Waals surface area (Å²) in [4.78, 5) is 59.1. The lowest BCUT2D eigenvalue weighted by Crippen LogP contribution is -2.28. The second-order valence-electron chi connectivity index (χ2n) is 8.60. The normalized spacial score (nSPS) is 11.8. The van der Waals surface area contributed by atoms with Gasteiger partial charge in [0.2, 0.25) is 5.43 Å². The Kier molecular flexibility index (Phi) is 9.80. The molecule has 0 aliphatic carbocycles. The predicted octanol–water partition coefficient (Wildman–Crippen LogP) is 4.59. The van der Waals surface area contributed by atoms with Gasteiger partial charge in [0, 0.05) is 58.3 Å². The summed E-state index contributed by atoms with van der Waals surface area (Å²) in [5, 5.41) is 5.87. The topological polar surface area (TPSA) is 175 Å². The molecule has 4 aromatic heterocycles. The molecule has 18 heteroatoms. The Bertz CT molecular complexity index is 1760. The molecule has 0 aromatic carbocycles. The van der Waals surface area contributed by atoms with Gasteiger partial charge in [0.25, 0.3) is 0 Å². The molecule has 43 heavy (non-hydrogen) atoms. The standard InChI is InChI=1S/C25H22F3N6O7PS/c1-3-29-24(37)33-19-8-14(22-32-18(12-43-22)25(26,27)28)16(10-30-19)13-7-15-20(35)17(11-34(4-2)21(15)31-9-13)23(36)40-5-6-41-42(38)39/h7-12H,3-6H2,1-2H3,(H2-,29,30,33,37,38,39)/p+1. The second kappa shape index (κ2) is 13.3. The minimum absolute atomic E-state index is 0.00841. The van der Waals surface area contributed by atoms with Gasteiger partial charge in [0.1, 0.15) is 35.2 Å². The third kappa shape index (κ3) is 7.37. The number of anilines is 1. The van der Waals surface area contributed by atoms with Crippen LogP contribution >= 0.6 is 19.6 Å². The average Bonchev–Trinajstić information content (AvgIpc) is 3.47. The molecule has 2 amide bonds. The summed E-state index contributed by atoms with van der Waals surface area (Å²) in [6, 6.07) is 2.20. The van der Waals surface area contributed by atoms with Crippen LogP contribution in [0.4, 0.5) is 23.8 Å². The van der Waals surface area contributed by atoms with Gasteiger partial charge in [-0.2, -0.15) is 13.2 Å². The fourth-order valence-corrected chi connectivity index (χ4v) is 5.00. The molecule has 4 aromatic rings. The molecule has 0 spiro atoms. The quantitative estimate of drug-likeness (QED) is 0.127. The third-order valence-electron chi connectivity index (χ3n) is 5.81. The van der Waals surface area contributed by atoms with Gasteiger partial charge in [0.15, 0.2) is 5.69 Å². The Morgan fingerprint density at radius 1 is 1.14 bits per heavy atom. The number of esters is 1. The molecule has 226 valence electrons. The molecule has 0 bridgehead atoms. The van der Waals surface area contributed by atoms with E-state index < -0.39 is 37.6 Å². The number of carbonyl (C=O) groups excluding carboxylic acids is 2. The molecule has 0 radical (unpaired) electrons. The van der Waals surface area contributed by atoms with E-state index in [1.54, 1.807) is 13.8 Å². The van der Waals surface area contributed by atoms with Gasteiger partial charge in [-0.25, -0.2) is 24.5 Å². The van der Waals surface area contributed by atoms with Crippen LogP contribution in [0, 0.1) is 0 Å². The van der Waals surface area contributed by atoms with Crippen LogP contribution < -0.4 is 16.1 Å². The van der Waals surface area contributed by atoms with Crippen molar-refractivity contribution >= 4 is 48.4 Å². The summed E-state index contributed by atoms with van der Waals surface area (Å²) >= 11 is 0.728. The number of hydrogen-bond donors (Lipinski definition) is 3. The van der Waals surface area contributed by atoms with E-state index in [9.17, 15) is 32.1 Å². The van der Waals surface area contributed by atoms with Gasteiger partial charge in [-0.15, -0.1) is 20.8 Å². The third-order valence-corrected chi connectivity index (χ3v) is 7.09. The van der Waals surface area contributed by atoms with E-state index in [1.165, 1.54) is 35.3 Å². The van der Waals surface area contributed by atoms with Gasteiger partial charge >= 0.3 is 26.4 Å². The van der Waals surface area contributed by atoms with Crippen molar-refractivity contribution in [3.63, 3.8) is 0 Å². The molecule has 13 nitrogen and oxygen atoms in total. The summed E-state index contributed by atoms with van der Waals surface area (Å²) < 4.78 is 61.7. The monoisotopic (exact) mass is 639 g/mol. The number of rotatable bonds is 10. The molecule has 0 aliphatic heterocycles. The molecule has 0 fully saturated rings. The van der Waals surface area contributed by atoms with E-state index in [-0.39, 0.29) is 57.3 Å². The number of thiazole rings is 1. The molecule has 0 saturated heterocycles. The minimum Gasteiger partial charge on any atom is -0.459 e. The molecule has 0 saturated carbocycles. The van der Waals surface area contributed by atoms with Crippen LogP contribution in [0.25, 0.3) is 32.7 Å². The van der Waals surface area contributed by atoms with Crippen molar-refractivity contribution in [1.29, 1.82) is 0 Å². The van der Waals surface area contributed by atoms with Gasteiger partial charge in [-0.3, -0.25) is 10.1 Å².